The maximum Gasteiger partial charge on any atom is 0.340 e. The zero-order chi connectivity index (χ0) is 15.6. The van der Waals surface area contributed by atoms with Crippen molar-refractivity contribution in [2.45, 2.75) is 25.8 Å². The summed E-state index contributed by atoms with van der Waals surface area (Å²) in [5.41, 5.74) is 13.0. The third-order valence-corrected chi connectivity index (χ3v) is 4.04. The lowest BCUT2D eigenvalue weighted by Crippen LogP contribution is -2.46. The van der Waals surface area contributed by atoms with Gasteiger partial charge in [-0.2, -0.15) is 0 Å². The van der Waals surface area contributed by atoms with E-state index in [0.717, 1.165) is 12.8 Å². The van der Waals surface area contributed by atoms with Crippen LogP contribution in [0.4, 0.5) is 11.4 Å². The van der Waals surface area contributed by atoms with Crippen molar-refractivity contribution in [2.75, 3.05) is 24.3 Å². The largest absolute Gasteiger partial charge is 0.465 e. The zero-order valence-corrected chi connectivity index (χ0v) is 12.3. The van der Waals surface area contributed by atoms with Gasteiger partial charge in [0.15, 0.2) is 0 Å². The van der Waals surface area contributed by atoms with Crippen LogP contribution in [0.5, 0.6) is 0 Å². The highest BCUT2D eigenvalue weighted by Crippen LogP contribution is 2.34. The van der Waals surface area contributed by atoms with Crippen LogP contribution < -0.4 is 16.4 Å². The van der Waals surface area contributed by atoms with Gasteiger partial charge in [0.1, 0.15) is 0 Å². The fourth-order valence-corrected chi connectivity index (χ4v) is 2.81. The monoisotopic (exact) mass is 291 g/mol. The van der Waals surface area contributed by atoms with Gasteiger partial charge in [-0.25, -0.2) is 4.79 Å². The molecule has 1 saturated heterocycles. The fraction of sp³-hybridized carbons (Fsp3) is 0.467. The molecule has 6 heteroatoms. The smallest absolute Gasteiger partial charge is 0.340 e. The number of nitrogens with zero attached hydrogens (tertiary/aromatic N) is 1. The number of para-hydroxylation sites is 1. The Bertz CT molecular complexity index is 559. The molecule has 4 N–H and O–H groups in total. The molecule has 2 rings (SSSR count). The summed E-state index contributed by atoms with van der Waals surface area (Å²) in [5, 5.41) is 0. The van der Waals surface area contributed by atoms with E-state index in [1.807, 2.05) is 11.8 Å². The molecular weight excluding hydrogens is 270 g/mol. The lowest BCUT2D eigenvalue weighted by Gasteiger charge is -2.39. The van der Waals surface area contributed by atoms with Crippen molar-refractivity contribution in [1.82, 2.24) is 0 Å². The number of rotatable bonds is 3. The van der Waals surface area contributed by atoms with Crippen molar-refractivity contribution in [2.24, 2.45) is 11.7 Å². The van der Waals surface area contributed by atoms with E-state index >= 15 is 0 Å². The van der Waals surface area contributed by atoms with E-state index in [1.165, 1.54) is 7.11 Å². The quantitative estimate of drug-likeness (QED) is 0.643. The number of nitrogens with two attached hydrogens (primary N) is 2. The summed E-state index contributed by atoms with van der Waals surface area (Å²) in [6.45, 7) is 2.51. The van der Waals surface area contributed by atoms with Gasteiger partial charge in [-0.05, 0) is 31.9 Å². The normalized spacial score (nSPS) is 21.9. The molecule has 1 aliphatic heterocycles. The van der Waals surface area contributed by atoms with Gasteiger partial charge in [0.2, 0.25) is 5.91 Å². The second-order valence-corrected chi connectivity index (χ2v) is 5.41. The number of hydrogen-bond acceptors (Lipinski definition) is 5. The van der Waals surface area contributed by atoms with Gasteiger partial charge in [0.05, 0.1) is 30.0 Å². The van der Waals surface area contributed by atoms with Gasteiger partial charge in [-0.15, -0.1) is 0 Å². The van der Waals surface area contributed by atoms with E-state index in [4.69, 9.17) is 16.2 Å². The van der Waals surface area contributed by atoms with E-state index in [0.29, 0.717) is 23.5 Å². The van der Waals surface area contributed by atoms with Crippen LogP contribution in [0.3, 0.4) is 0 Å². The Hall–Kier alpha value is -2.24. The summed E-state index contributed by atoms with van der Waals surface area (Å²) in [6.07, 6.45) is 1.58. The molecule has 21 heavy (non-hydrogen) atoms. The summed E-state index contributed by atoms with van der Waals surface area (Å²) < 4.78 is 4.82. The molecule has 114 valence electrons. The van der Waals surface area contributed by atoms with Gasteiger partial charge in [0, 0.05) is 12.6 Å². The number of anilines is 2. The van der Waals surface area contributed by atoms with Gasteiger partial charge in [-0.3, -0.25) is 4.79 Å². The highest BCUT2D eigenvalue weighted by molar-refractivity contribution is 5.99. The highest BCUT2D eigenvalue weighted by Gasteiger charge is 2.32. The Labute approximate surface area is 124 Å². The lowest BCUT2D eigenvalue weighted by molar-refractivity contribution is -0.122. The van der Waals surface area contributed by atoms with E-state index in [2.05, 4.69) is 0 Å². The number of esters is 1. The number of nitrogen functional groups attached to an aromatic ring is 1. The summed E-state index contributed by atoms with van der Waals surface area (Å²) in [5.74, 6) is -0.988. The SMILES string of the molecule is COC(=O)c1cccc(N)c1N1CC(C(N)=O)CCC1C. The van der Waals surface area contributed by atoms with Crippen LogP contribution in [-0.4, -0.2) is 31.6 Å². The second kappa shape index (κ2) is 6.03. The number of piperidine rings is 1. The van der Waals surface area contributed by atoms with Crippen molar-refractivity contribution in [3.8, 4) is 0 Å². The molecule has 0 aromatic heterocycles. The van der Waals surface area contributed by atoms with E-state index < -0.39 is 5.97 Å². The summed E-state index contributed by atoms with van der Waals surface area (Å²) in [6, 6.07) is 5.31. The van der Waals surface area contributed by atoms with Crippen LogP contribution >= 0.6 is 0 Å². The molecule has 2 atom stereocenters. The number of amides is 1. The maximum atomic E-state index is 12.0. The van der Waals surface area contributed by atoms with Crippen LogP contribution in [0.25, 0.3) is 0 Å². The minimum Gasteiger partial charge on any atom is -0.465 e. The average Bonchev–Trinajstić information content (AvgIpc) is 2.47. The third kappa shape index (κ3) is 2.94. The molecule has 0 saturated carbocycles. The van der Waals surface area contributed by atoms with Crippen molar-refractivity contribution in [3.05, 3.63) is 23.8 Å². The first-order valence-corrected chi connectivity index (χ1v) is 6.98. The fourth-order valence-electron chi connectivity index (χ4n) is 2.81. The minimum atomic E-state index is -0.439. The lowest BCUT2D eigenvalue weighted by atomic mass is 9.91. The molecule has 1 aliphatic rings. The Kier molecular flexibility index (Phi) is 4.35. The van der Waals surface area contributed by atoms with Gasteiger partial charge in [0.25, 0.3) is 0 Å². The molecule has 0 radical (unpaired) electrons. The van der Waals surface area contributed by atoms with Gasteiger partial charge in [-0.1, -0.05) is 6.07 Å². The average molecular weight is 291 g/mol. The maximum absolute atomic E-state index is 12.0. The number of ether oxygens (including phenoxy) is 1. The molecule has 0 spiro atoms. The van der Waals surface area contributed by atoms with Gasteiger partial charge < -0.3 is 21.1 Å². The molecule has 6 nitrogen and oxygen atoms in total. The van der Waals surface area contributed by atoms with E-state index in [-0.39, 0.29) is 17.9 Å². The summed E-state index contributed by atoms with van der Waals surface area (Å²) in [4.78, 5) is 25.4. The number of hydrogen-bond donors (Lipinski definition) is 2. The topological polar surface area (TPSA) is 98.7 Å². The Morgan fingerprint density at radius 1 is 1.33 bits per heavy atom. The Morgan fingerprint density at radius 3 is 2.67 bits per heavy atom. The number of primary amides is 1. The van der Waals surface area contributed by atoms with Crippen molar-refractivity contribution in [3.63, 3.8) is 0 Å². The summed E-state index contributed by atoms with van der Waals surface area (Å²) in [7, 11) is 1.33. The highest BCUT2D eigenvalue weighted by atomic mass is 16.5. The standard InChI is InChI=1S/C15H21N3O3/c1-9-6-7-10(14(17)19)8-18(9)13-11(15(20)21-2)4-3-5-12(13)16/h3-5,9-10H,6-8,16H2,1-2H3,(H2,17,19). The van der Waals surface area contributed by atoms with Crippen molar-refractivity contribution >= 4 is 23.3 Å². The molecular formula is C15H21N3O3. The number of carbonyl (C=O) groups excluding carboxylic acids is 2. The van der Waals surface area contributed by atoms with Crippen LogP contribution in [0.15, 0.2) is 18.2 Å². The molecule has 1 heterocycles. The number of benzene rings is 1. The van der Waals surface area contributed by atoms with E-state index in [9.17, 15) is 9.59 Å². The second-order valence-electron chi connectivity index (χ2n) is 5.41. The van der Waals surface area contributed by atoms with Crippen LogP contribution in [-0.2, 0) is 9.53 Å². The minimum absolute atomic E-state index is 0.175. The Morgan fingerprint density at radius 2 is 2.05 bits per heavy atom. The van der Waals surface area contributed by atoms with Crippen LogP contribution in [0.2, 0.25) is 0 Å². The molecule has 0 aliphatic carbocycles. The molecule has 1 amide bonds. The molecule has 2 unspecified atom stereocenters. The van der Waals surface area contributed by atoms with E-state index in [1.54, 1.807) is 18.2 Å². The number of carbonyl (C=O) groups is 2. The molecule has 1 fully saturated rings. The molecule has 0 bridgehead atoms. The first-order chi connectivity index (χ1) is 9.95. The first-order valence-electron chi connectivity index (χ1n) is 6.98. The van der Waals surface area contributed by atoms with Crippen molar-refractivity contribution < 1.29 is 14.3 Å². The first kappa shape index (κ1) is 15.2. The third-order valence-electron chi connectivity index (χ3n) is 4.04. The van der Waals surface area contributed by atoms with Crippen molar-refractivity contribution in [1.29, 1.82) is 0 Å². The predicted octanol–water partition coefficient (Wildman–Crippen LogP) is 1.15. The number of methoxy groups -OCH3 is 1. The molecule has 1 aromatic carbocycles. The Balaban J connectivity index is 2.43. The van der Waals surface area contributed by atoms with Gasteiger partial charge >= 0.3 is 5.97 Å². The van der Waals surface area contributed by atoms with Crippen LogP contribution in [0.1, 0.15) is 30.1 Å². The molecule has 1 aromatic rings. The predicted molar refractivity (Wildman–Crippen MR) is 80.9 cm³/mol. The van der Waals surface area contributed by atoms with Crippen LogP contribution in [0, 0.1) is 5.92 Å². The summed E-state index contributed by atoms with van der Waals surface area (Å²) >= 11 is 0. The zero-order valence-electron chi connectivity index (χ0n) is 12.3.